The number of nitrogens with zero attached hydrogens (tertiary/aromatic N) is 2. The Morgan fingerprint density at radius 2 is 1.93 bits per heavy atom. The molecule has 1 aliphatic rings. The van der Waals surface area contributed by atoms with Crippen molar-refractivity contribution in [2.75, 3.05) is 13.2 Å². The molecule has 0 amide bonds. The van der Waals surface area contributed by atoms with Crippen molar-refractivity contribution < 1.29 is 13.9 Å². The Kier molecular flexibility index (Phi) is 1.81. The van der Waals surface area contributed by atoms with Gasteiger partial charge >= 0.3 is 0 Å². The van der Waals surface area contributed by atoms with Gasteiger partial charge in [-0.25, -0.2) is 0 Å². The molecule has 1 aliphatic heterocycles. The molecule has 2 aromatic rings. The molecule has 5 nitrogen and oxygen atoms in total. The van der Waals surface area contributed by atoms with Gasteiger partial charge in [0, 0.05) is 5.56 Å². The fourth-order valence-electron chi connectivity index (χ4n) is 1.48. The molecule has 0 bridgehead atoms. The summed E-state index contributed by atoms with van der Waals surface area (Å²) in [5.41, 5.74) is 0.830. The second-order valence-corrected chi connectivity index (χ2v) is 3.10. The molecular weight excluding hydrogens is 196 g/mol. The molecule has 0 spiro atoms. The predicted octanol–water partition coefficient (Wildman–Crippen LogP) is 1.51. The molecule has 2 heterocycles. The third-order valence-electron chi connectivity index (χ3n) is 2.15. The van der Waals surface area contributed by atoms with Gasteiger partial charge in [-0.3, -0.25) is 0 Å². The fraction of sp³-hybridized carbons (Fsp3) is 0.200. The van der Waals surface area contributed by atoms with Crippen LogP contribution in [0.15, 0.2) is 29.0 Å². The van der Waals surface area contributed by atoms with Crippen LogP contribution in [-0.4, -0.2) is 23.4 Å². The van der Waals surface area contributed by atoms with Crippen molar-refractivity contribution in [2.24, 2.45) is 0 Å². The van der Waals surface area contributed by atoms with Gasteiger partial charge in [0.1, 0.15) is 13.2 Å². The van der Waals surface area contributed by atoms with Gasteiger partial charge in [0.2, 0.25) is 12.3 Å². The average Bonchev–Trinajstić information content (AvgIpc) is 2.82. The van der Waals surface area contributed by atoms with E-state index in [4.69, 9.17) is 13.9 Å². The van der Waals surface area contributed by atoms with Gasteiger partial charge in [0.05, 0.1) is 0 Å². The van der Waals surface area contributed by atoms with Crippen LogP contribution in [0.4, 0.5) is 0 Å². The Morgan fingerprint density at radius 1 is 1.07 bits per heavy atom. The van der Waals surface area contributed by atoms with E-state index in [1.807, 2.05) is 18.2 Å². The number of benzene rings is 1. The highest BCUT2D eigenvalue weighted by atomic mass is 16.6. The van der Waals surface area contributed by atoms with Crippen LogP contribution in [0.3, 0.4) is 0 Å². The Morgan fingerprint density at radius 3 is 2.73 bits per heavy atom. The van der Waals surface area contributed by atoms with Crippen LogP contribution in [-0.2, 0) is 0 Å². The molecule has 3 rings (SSSR count). The number of hydrogen-bond acceptors (Lipinski definition) is 5. The van der Waals surface area contributed by atoms with E-state index in [0.717, 1.165) is 17.1 Å². The number of ether oxygens (including phenoxy) is 2. The first-order valence-corrected chi connectivity index (χ1v) is 4.60. The average molecular weight is 204 g/mol. The van der Waals surface area contributed by atoms with Gasteiger partial charge in [0.15, 0.2) is 11.5 Å². The van der Waals surface area contributed by atoms with E-state index in [9.17, 15) is 0 Å². The first kappa shape index (κ1) is 8.28. The van der Waals surface area contributed by atoms with E-state index in [1.54, 1.807) is 0 Å². The van der Waals surface area contributed by atoms with Crippen LogP contribution in [0.1, 0.15) is 0 Å². The summed E-state index contributed by atoms with van der Waals surface area (Å²) in [5, 5.41) is 7.44. The van der Waals surface area contributed by atoms with E-state index < -0.39 is 0 Å². The van der Waals surface area contributed by atoms with Crippen molar-refractivity contribution >= 4 is 0 Å². The van der Waals surface area contributed by atoms with Crippen LogP contribution in [0, 0.1) is 0 Å². The molecule has 0 unspecified atom stereocenters. The van der Waals surface area contributed by atoms with Crippen LogP contribution in [0.5, 0.6) is 11.5 Å². The molecule has 1 aromatic carbocycles. The first-order valence-electron chi connectivity index (χ1n) is 4.60. The number of hydrogen-bond donors (Lipinski definition) is 0. The lowest BCUT2D eigenvalue weighted by atomic mass is 10.2. The molecule has 0 aliphatic carbocycles. The summed E-state index contributed by atoms with van der Waals surface area (Å²) < 4.78 is 15.9. The van der Waals surface area contributed by atoms with Crippen molar-refractivity contribution in [3.8, 4) is 23.0 Å². The summed E-state index contributed by atoms with van der Waals surface area (Å²) in [6, 6.07) is 5.54. The lowest BCUT2D eigenvalue weighted by molar-refractivity contribution is 0.171. The normalized spacial score (nSPS) is 13.9. The van der Waals surface area contributed by atoms with Crippen molar-refractivity contribution in [3.05, 3.63) is 24.6 Å². The van der Waals surface area contributed by atoms with Gasteiger partial charge in [0.25, 0.3) is 0 Å². The van der Waals surface area contributed by atoms with Gasteiger partial charge < -0.3 is 13.9 Å². The van der Waals surface area contributed by atoms with Crippen LogP contribution in [0.2, 0.25) is 0 Å². The Labute approximate surface area is 85.6 Å². The SMILES string of the molecule is c1nnc(-c2ccc3c(c2)OCCO3)o1. The summed E-state index contributed by atoms with van der Waals surface area (Å²) in [7, 11) is 0. The molecule has 15 heavy (non-hydrogen) atoms. The summed E-state index contributed by atoms with van der Waals surface area (Å²) in [6.45, 7) is 1.16. The topological polar surface area (TPSA) is 57.4 Å². The zero-order valence-electron chi connectivity index (χ0n) is 7.84. The standard InChI is InChI=1S/C10H8N2O3/c1-2-8-9(14-4-3-13-8)5-7(1)10-12-11-6-15-10/h1-2,5-6H,3-4H2. The molecule has 5 heteroatoms. The Bertz CT molecular complexity index is 468. The minimum absolute atomic E-state index is 0.479. The fourth-order valence-corrected chi connectivity index (χ4v) is 1.48. The van der Waals surface area contributed by atoms with E-state index in [2.05, 4.69) is 10.2 Å². The second-order valence-electron chi connectivity index (χ2n) is 3.10. The third kappa shape index (κ3) is 1.41. The molecule has 0 saturated carbocycles. The predicted molar refractivity (Wildman–Crippen MR) is 50.7 cm³/mol. The summed E-state index contributed by atoms with van der Waals surface area (Å²) in [5.74, 6) is 1.95. The highest BCUT2D eigenvalue weighted by molar-refractivity contribution is 5.59. The van der Waals surface area contributed by atoms with Crippen LogP contribution >= 0.6 is 0 Å². The van der Waals surface area contributed by atoms with Gasteiger partial charge in [-0.05, 0) is 18.2 Å². The Balaban J connectivity index is 2.04. The number of rotatable bonds is 1. The number of aromatic nitrogens is 2. The molecule has 0 atom stereocenters. The van der Waals surface area contributed by atoms with E-state index >= 15 is 0 Å². The molecule has 0 radical (unpaired) electrons. The molecule has 76 valence electrons. The van der Waals surface area contributed by atoms with Crippen molar-refractivity contribution in [3.63, 3.8) is 0 Å². The maximum atomic E-state index is 5.45. The zero-order valence-corrected chi connectivity index (χ0v) is 7.84. The highest BCUT2D eigenvalue weighted by Gasteiger charge is 2.13. The van der Waals surface area contributed by atoms with Crippen molar-refractivity contribution in [2.45, 2.75) is 0 Å². The summed E-state index contributed by atoms with van der Waals surface area (Å²) in [4.78, 5) is 0. The molecular formula is C10H8N2O3. The molecule has 0 saturated heterocycles. The monoisotopic (exact) mass is 204 g/mol. The van der Waals surface area contributed by atoms with E-state index in [1.165, 1.54) is 6.39 Å². The summed E-state index contributed by atoms with van der Waals surface area (Å²) in [6.07, 6.45) is 1.30. The molecule has 0 N–H and O–H groups in total. The lowest BCUT2D eigenvalue weighted by Gasteiger charge is -2.18. The maximum Gasteiger partial charge on any atom is 0.247 e. The third-order valence-corrected chi connectivity index (χ3v) is 2.15. The van der Waals surface area contributed by atoms with Crippen molar-refractivity contribution in [1.82, 2.24) is 10.2 Å². The smallest absolute Gasteiger partial charge is 0.247 e. The molecule has 1 aromatic heterocycles. The van der Waals surface area contributed by atoms with E-state index in [-0.39, 0.29) is 0 Å². The first-order chi connectivity index (χ1) is 7.43. The summed E-state index contributed by atoms with van der Waals surface area (Å²) >= 11 is 0. The van der Waals surface area contributed by atoms with Gasteiger partial charge in [-0.2, -0.15) is 0 Å². The van der Waals surface area contributed by atoms with Crippen molar-refractivity contribution in [1.29, 1.82) is 0 Å². The quantitative estimate of drug-likeness (QED) is 0.704. The lowest BCUT2D eigenvalue weighted by Crippen LogP contribution is -2.15. The number of fused-ring (bicyclic) bond motifs is 1. The largest absolute Gasteiger partial charge is 0.486 e. The minimum Gasteiger partial charge on any atom is -0.486 e. The van der Waals surface area contributed by atoms with E-state index in [0.29, 0.717) is 19.1 Å². The van der Waals surface area contributed by atoms with Gasteiger partial charge in [-0.15, -0.1) is 10.2 Å². The van der Waals surface area contributed by atoms with Crippen LogP contribution < -0.4 is 9.47 Å². The highest BCUT2D eigenvalue weighted by Crippen LogP contribution is 2.33. The van der Waals surface area contributed by atoms with Gasteiger partial charge in [-0.1, -0.05) is 0 Å². The van der Waals surface area contributed by atoms with Crippen LogP contribution in [0.25, 0.3) is 11.5 Å². The Hall–Kier alpha value is -2.04. The second kappa shape index (κ2) is 3.27. The zero-order chi connectivity index (χ0) is 10.1. The molecule has 0 fully saturated rings. The minimum atomic E-state index is 0.479. The maximum absolute atomic E-state index is 5.45.